The van der Waals surface area contributed by atoms with Gasteiger partial charge < -0.3 is 14.6 Å². The molecule has 0 amide bonds. The first-order valence-electron chi connectivity index (χ1n) is 5.93. The number of carboxylic acids is 1. The predicted octanol–water partition coefficient (Wildman–Crippen LogP) is 0.298. The lowest BCUT2D eigenvalue weighted by Crippen LogP contribution is -2.47. The average Bonchev–Trinajstić information content (AvgIpc) is 2.75. The van der Waals surface area contributed by atoms with Gasteiger partial charge >= 0.3 is 5.97 Å². The topological polar surface area (TPSA) is 59.0 Å². The van der Waals surface area contributed by atoms with E-state index in [0.29, 0.717) is 19.3 Å². The summed E-state index contributed by atoms with van der Waals surface area (Å²) in [4.78, 5) is 13.0. The van der Waals surface area contributed by atoms with Crippen molar-refractivity contribution in [1.82, 2.24) is 4.90 Å². The SMILES string of the molecule is O=C(O)C1CC(N2CCC3(C2)OCCO3)C1. The van der Waals surface area contributed by atoms with Crippen LogP contribution in [0, 0.1) is 5.92 Å². The van der Waals surface area contributed by atoms with E-state index < -0.39 is 5.97 Å². The van der Waals surface area contributed by atoms with Gasteiger partial charge in [0.1, 0.15) is 0 Å². The van der Waals surface area contributed by atoms with Gasteiger partial charge in [0.15, 0.2) is 5.79 Å². The molecule has 2 aliphatic heterocycles. The number of aliphatic carboxylic acids is 1. The zero-order chi connectivity index (χ0) is 11.2. The van der Waals surface area contributed by atoms with Crippen molar-refractivity contribution >= 4 is 5.97 Å². The van der Waals surface area contributed by atoms with Crippen LogP contribution in [0.3, 0.4) is 0 Å². The van der Waals surface area contributed by atoms with Crippen LogP contribution in [0.2, 0.25) is 0 Å². The van der Waals surface area contributed by atoms with Crippen molar-refractivity contribution in [1.29, 1.82) is 0 Å². The van der Waals surface area contributed by atoms with Crippen molar-refractivity contribution in [3.05, 3.63) is 0 Å². The minimum absolute atomic E-state index is 0.132. The highest BCUT2D eigenvalue weighted by Gasteiger charge is 2.48. The quantitative estimate of drug-likeness (QED) is 0.735. The maximum atomic E-state index is 10.7. The van der Waals surface area contributed by atoms with E-state index in [1.54, 1.807) is 0 Å². The number of hydrogen-bond acceptors (Lipinski definition) is 4. The minimum atomic E-state index is -0.654. The van der Waals surface area contributed by atoms with Crippen LogP contribution in [0.5, 0.6) is 0 Å². The summed E-state index contributed by atoms with van der Waals surface area (Å²) in [5.74, 6) is -1.15. The molecule has 0 unspecified atom stereocenters. The van der Waals surface area contributed by atoms with Crippen molar-refractivity contribution in [2.45, 2.75) is 31.1 Å². The molecule has 1 aliphatic carbocycles. The normalized spacial score (nSPS) is 37.8. The molecule has 2 heterocycles. The minimum Gasteiger partial charge on any atom is -0.481 e. The third-order valence-electron chi connectivity index (χ3n) is 4.02. The van der Waals surface area contributed by atoms with E-state index in [9.17, 15) is 4.79 Å². The molecule has 90 valence electrons. The summed E-state index contributed by atoms with van der Waals surface area (Å²) in [6.45, 7) is 3.16. The van der Waals surface area contributed by atoms with Crippen molar-refractivity contribution < 1.29 is 19.4 Å². The molecule has 0 atom stereocenters. The third-order valence-corrected chi connectivity index (χ3v) is 4.02. The molecule has 3 aliphatic rings. The zero-order valence-electron chi connectivity index (χ0n) is 9.22. The molecule has 0 bridgehead atoms. The second-order valence-corrected chi connectivity index (χ2v) is 4.99. The number of carbonyl (C=O) groups is 1. The van der Waals surface area contributed by atoms with Crippen LogP contribution in [-0.2, 0) is 14.3 Å². The first-order chi connectivity index (χ1) is 7.69. The van der Waals surface area contributed by atoms with Gasteiger partial charge in [-0.25, -0.2) is 0 Å². The Balaban J connectivity index is 1.53. The van der Waals surface area contributed by atoms with Crippen LogP contribution in [0.25, 0.3) is 0 Å². The molecule has 2 saturated heterocycles. The van der Waals surface area contributed by atoms with Crippen molar-refractivity contribution in [3.63, 3.8) is 0 Å². The summed E-state index contributed by atoms with van der Waals surface area (Å²) in [7, 11) is 0. The standard InChI is InChI=1S/C11H17NO4/c13-10(14)8-5-9(6-8)12-2-1-11(7-12)15-3-4-16-11/h8-9H,1-7H2,(H,13,14). The second kappa shape index (κ2) is 3.68. The molecule has 3 fully saturated rings. The number of nitrogens with zero attached hydrogens (tertiary/aromatic N) is 1. The highest BCUT2D eigenvalue weighted by Crippen LogP contribution is 2.38. The van der Waals surface area contributed by atoms with Gasteiger partial charge in [0.05, 0.1) is 25.7 Å². The molecule has 0 aromatic heterocycles. The monoisotopic (exact) mass is 227 g/mol. The van der Waals surface area contributed by atoms with E-state index in [1.165, 1.54) is 0 Å². The summed E-state index contributed by atoms with van der Waals surface area (Å²) in [6.07, 6.45) is 2.48. The van der Waals surface area contributed by atoms with Gasteiger partial charge in [0, 0.05) is 19.0 Å². The van der Waals surface area contributed by atoms with Gasteiger partial charge in [-0.2, -0.15) is 0 Å². The fraction of sp³-hybridized carbons (Fsp3) is 0.909. The first-order valence-corrected chi connectivity index (χ1v) is 5.93. The average molecular weight is 227 g/mol. The highest BCUT2D eigenvalue weighted by atomic mass is 16.7. The Labute approximate surface area is 94.3 Å². The van der Waals surface area contributed by atoms with Gasteiger partial charge in [0.25, 0.3) is 0 Å². The summed E-state index contributed by atoms with van der Waals surface area (Å²) >= 11 is 0. The summed E-state index contributed by atoms with van der Waals surface area (Å²) in [5.41, 5.74) is 0. The lowest BCUT2D eigenvalue weighted by Gasteiger charge is -2.39. The number of ether oxygens (including phenoxy) is 2. The predicted molar refractivity (Wildman–Crippen MR) is 55.0 cm³/mol. The molecular weight excluding hydrogens is 210 g/mol. The maximum absolute atomic E-state index is 10.7. The van der Waals surface area contributed by atoms with Gasteiger partial charge in [-0.15, -0.1) is 0 Å². The molecule has 5 nitrogen and oxygen atoms in total. The Morgan fingerprint density at radius 2 is 2.00 bits per heavy atom. The third kappa shape index (κ3) is 1.63. The smallest absolute Gasteiger partial charge is 0.306 e. The number of hydrogen-bond donors (Lipinski definition) is 1. The molecule has 5 heteroatoms. The maximum Gasteiger partial charge on any atom is 0.306 e. The van der Waals surface area contributed by atoms with Gasteiger partial charge in [-0.3, -0.25) is 9.69 Å². The lowest BCUT2D eigenvalue weighted by atomic mass is 9.79. The molecule has 1 N–H and O–H groups in total. The molecular formula is C11H17NO4. The Morgan fingerprint density at radius 1 is 1.31 bits per heavy atom. The molecule has 0 aromatic carbocycles. The van der Waals surface area contributed by atoms with Crippen LogP contribution in [0.4, 0.5) is 0 Å². The molecule has 0 aromatic rings. The van der Waals surface area contributed by atoms with E-state index >= 15 is 0 Å². The van der Waals surface area contributed by atoms with E-state index in [-0.39, 0.29) is 11.7 Å². The van der Waals surface area contributed by atoms with Crippen LogP contribution in [0.15, 0.2) is 0 Å². The Kier molecular flexibility index (Phi) is 2.42. The van der Waals surface area contributed by atoms with Crippen molar-refractivity contribution in [2.24, 2.45) is 5.92 Å². The van der Waals surface area contributed by atoms with Gasteiger partial charge in [-0.05, 0) is 12.8 Å². The van der Waals surface area contributed by atoms with E-state index in [1.807, 2.05) is 0 Å². The van der Waals surface area contributed by atoms with E-state index in [0.717, 1.165) is 32.4 Å². The molecule has 1 spiro atoms. The Bertz CT molecular complexity index is 294. The van der Waals surface area contributed by atoms with Gasteiger partial charge in [0.2, 0.25) is 0 Å². The number of rotatable bonds is 2. The first kappa shape index (κ1) is 10.5. The summed E-state index contributed by atoms with van der Waals surface area (Å²) < 4.78 is 11.3. The number of carboxylic acid groups (broad SMARTS) is 1. The molecule has 1 saturated carbocycles. The van der Waals surface area contributed by atoms with Gasteiger partial charge in [-0.1, -0.05) is 0 Å². The molecule has 16 heavy (non-hydrogen) atoms. The van der Waals surface area contributed by atoms with Crippen LogP contribution >= 0.6 is 0 Å². The molecule has 3 rings (SSSR count). The van der Waals surface area contributed by atoms with E-state index in [2.05, 4.69) is 4.90 Å². The summed E-state index contributed by atoms with van der Waals surface area (Å²) in [5, 5.41) is 8.83. The fourth-order valence-corrected chi connectivity index (χ4v) is 2.91. The van der Waals surface area contributed by atoms with Crippen LogP contribution in [0.1, 0.15) is 19.3 Å². The zero-order valence-corrected chi connectivity index (χ0v) is 9.22. The summed E-state index contributed by atoms with van der Waals surface area (Å²) in [6, 6.07) is 0.424. The Hall–Kier alpha value is -0.650. The Morgan fingerprint density at radius 3 is 2.62 bits per heavy atom. The van der Waals surface area contributed by atoms with Crippen LogP contribution < -0.4 is 0 Å². The van der Waals surface area contributed by atoms with Crippen molar-refractivity contribution in [2.75, 3.05) is 26.3 Å². The highest BCUT2D eigenvalue weighted by molar-refractivity contribution is 5.71. The second-order valence-electron chi connectivity index (χ2n) is 4.99. The molecule has 0 radical (unpaired) electrons. The van der Waals surface area contributed by atoms with E-state index in [4.69, 9.17) is 14.6 Å². The van der Waals surface area contributed by atoms with Crippen molar-refractivity contribution in [3.8, 4) is 0 Å². The number of likely N-dealkylation sites (tertiary alicyclic amines) is 1. The fourth-order valence-electron chi connectivity index (χ4n) is 2.91. The van der Waals surface area contributed by atoms with Crippen LogP contribution in [-0.4, -0.2) is 54.1 Å². The largest absolute Gasteiger partial charge is 0.481 e. The lowest BCUT2D eigenvalue weighted by molar-refractivity contribution is -0.153.